The molecule has 1 N–H and O–H groups in total. The number of hydrogen-bond acceptors (Lipinski definition) is 7. The van der Waals surface area contributed by atoms with Crippen molar-refractivity contribution >= 4 is 11.9 Å². The summed E-state index contributed by atoms with van der Waals surface area (Å²) in [6.45, 7) is 11.4. The second kappa shape index (κ2) is 8.58. The van der Waals surface area contributed by atoms with E-state index in [1.165, 1.54) is 0 Å². The van der Waals surface area contributed by atoms with E-state index in [4.69, 9.17) is 9.26 Å². The molecule has 1 saturated heterocycles. The van der Waals surface area contributed by atoms with Crippen LogP contribution in [0.4, 0.5) is 10.6 Å². The normalized spacial score (nSPS) is 16.5. The van der Waals surface area contributed by atoms with Gasteiger partial charge in [-0.15, -0.1) is 0 Å². The Labute approximate surface area is 165 Å². The van der Waals surface area contributed by atoms with Gasteiger partial charge in [0.15, 0.2) is 0 Å². The van der Waals surface area contributed by atoms with Gasteiger partial charge in [-0.05, 0) is 53.9 Å². The van der Waals surface area contributed by atoms with E-state index in [2.05, 4.69) is 20.4 Å². The molecule has 28 heavy (non-hydrogen) atoms. The number of carbonyl (C=O) groups is 1. The minimum atomic E-state index is -0.209. The number of aromatic nitrogens is 3. The zero-order chi connectivity index (χ0) is 20.3. The van der Waals surface area contributed by atoms with Crippen molar-refractivity contribution in [3.63, 3.8) is 0 Å². The fourth-order valence-electron chi connectivity index (χ4n) is 3.80. The number of likely N-dealkylation sites (tertiary alicyclic amines) is 1. The van der Waals surface area contributed by atoms with Crippen molar-refractivity contribution in [1.82, 2.24) is 20.0 Å². The highest BCUT2D eigenvalue weighted by Gasteiger charge is 2.29. The zero-order valence-corrected chi connectivity index (χ0v) is 17.3. The Morgan fingerprint density at radius 1 is 1.29 bits per heavy atom. The molecule has 1 amide bonds. The topological polar surface area (TPSA) is 93.4 Å². The number of hydrogen-bond donors (Lipinski definition) is 1. The maximum absolute atomic E-state index is 12.1. The summed E-state index contributed by atoms with van der Waals surface area (Å²) >= 11 is 0. The van der Waals surface area contributed by atoms with Crippen LogP contribution >= 0.6 is 0 Å². The smallest absolute Gasteiger partial charge is 0.409 e. The molecule has 0 unspecified atom stereocenters. The van der Waals surface area contributed by atoms with Crippen molar-refractivity contribution < 1.29 is 14.1 Å². The minimum absolute atomic E-state index is 0.205. The van der Waals surface area contributed by atoms with Gasteiger partial charge in [0.1, 0.15) is 17.4 Å². The lowest BCUT2D eigenvalue weighted by Crippen LogP contribution is -2.37. The summed E-state index contributed by atoms with van der Waals surface area (Å²) in [7, 11) is 0. The Kier molecular flexibility index (Phi) is 6.16. The van der Waals surface area contributed by atoms with Crippen LogP contribution in [-0.4, -0.2) is 51.9 Å². The van der Waals surface area contributed by atoms with Gasteiger partial charge in [-0.25, -0.2) is 14.8 Å². The van der Waals surface area contributed by atoms with Crippen LogP contribution in [0.25, 0.3) is 11.3 Å². The molecule has 3 rings (SSSR count). The number of nitrogens with zero attached hydrogens (tertiary/aromatic N) is 4. The number of amides is 1. The summed E-state index contributed by atoms with van der Waals surface area (Å²) in [6, 6.07) is 0.205. The molecule has 1 fully saturated rings. The number of carbonyl (C=O) groups excluding carboxylic acids is 1. The fraction of sp³-hybridized carbons (Fsp3) is 0.600. The van der Waals surface area contributed by atoms with Gasteiger partial charge >= 0.3 is 6.09 Å². The van der Waals surface area contributed by atoms with Crippen LogP contribution in [0.2, 0.25) is 0 Å². The molecule has 0 aromatic carbocycles. The highest BCUT2D eigenvalue weighted by atomic mass is 16.6. The SMILES string of the molecule is CCOC(=O)N1CCC[C@H]1CCNc1nc(C)nc(-c2c(C)noc2C)c1C. The minimum Gasteiger partial charge on any atom is -0.450 e. The average molecular weight is 387 g/mol. The van der Waals surface area contributed by atoms with Crippen molar-refractivity contribution in [3.05, 3.63) is 22.8 Å². The van der Waals surface area contributed by atoms with Crippen LogP contribution in [0.15, 0.2) is 4.52 Å². The van der Waals surface area contributed by atoms with Gasteiger partial charge in [-0.3, -0.25) is 0 Å². The second-order valence-corrected chi connectivity index (χ2v) is 7.20. The van der Waals surface area contributed by atoms with Crippen molar-refractivity contribution in [1.29, 1.82) is 0 Å². The van der Waals surface area contributed by atoms with Crippen LogP contribution in [0.3, 0.4) is 0 Å². The predicted octanol–water partition coefficient (Wildman–Crippen LogP) is 3.79. The van der Waals surface area contributed by atoms with Gasteiger partial charge in [0.25, 0.3) is 0 Å². The molecular formula is C20H29N5O3. The molecule has 1 aliphatic heterocycles. The van der Waals surface area contributed by atoms with E-state index in [1.54, 1.807) is 0 Å². The van der Waals surface area contributed by atoms with Gasteiger partial charge in [0, 0.05) is 24.7 Å². The van der Waals surface area contributed by atoms with Crippen molar-refractivity contribution in [2.45, 2.75) is 59.9 Å². The Morgan fingerprint density at radius 2 is 2.07 bits per heavy atom. The third-order valence-electron chi connectivity index (χ3n) is 5.18. The van der Waals surface area contributed by atoms with Gasteiger partial charge < -0.3 is 19.5 Å². The number of rotatable bonds is 6. The first kappa shape index (κ1) is 20.1. The molecule has 0 spiro atoms. The molecule has 0 saturated carbocycles. The first-order valence-corrected chi connectivity index (χ1v) is 9.88. The van der Waals surface area contributed by atoms with Crippen LogP contribution < -0.4 is 5.32 Å². The molecule has 0 bridgehead atoms. The molecule has 8 nitrogen and oxygen atoms in total. The molecule has 1 aliphatic rings. The lowest BCUT2D eigenvalue weighted by Gasteiger charge is -2.24. The number of ether oxygens (including phenoxy) is 1. The second-order valence-electron chi connectivity index (χ2n) is 7.20. The Morgan fingerprint density at radius 3 is 2.75 bits per heavy atom. The Hall–Kier alpha value is -2.64. The van der Waals surface area contributed by atoms with Gasteiger partial charge in [0.2, 0.25) is 0 Å². The van der Waals surface area contributed by atoms with Gasteiger partial charge in [-0.1, -0.05) is 5.16 Å². The van der Waals surface area contributed by atoms with E-state index in [0.717, 1.165) is 66.4 Å². The summed E-state index contributed by atoms with van der Waals surface area (Å²) in [6.07, 6.45) is 2.67. The number of anilines is 1. The standard InChI is InChI=1S/C20H29N5O3/c1-6-27-20(26)25-11-7-8-16(25)9-10-21-19-12(2)18(22-15(5)23-19)17-13(3)24-28-14(17)4/h16H,6-11H2,1-5H3,(H,21,22,23)/t16-/m0/s1. The quantitative estimate of drug-likeness (QED) is 0.806. The molecule has 152 valence electrons. The molecule has 3 heterocycles. The highest BCUT2D eigenvalue weighted by Crippen LogP contribution is 2.31. The summed E-state index contributed by atoms with van der Waals surface area (Å²) < 4.78 is 10.5. The Bertz CT molecular complexity index is 829. The van der Waals surface area contributed by atoms with E-state index in [-0.39, 0.29) is 12.1 Å². The van der Waals surface area contributed by atoms with Crippen LogP contribution in [-0.2, 0) is 4.74 Å². The van der Waals surface area contributed by atoms with Gasteiger partial charge in [0.05, 0.1) is 23.6 Å². The zero-order valence-electron chi connectivity index (χ0n) is 17.3. The first-order valence-electron chi connectivity index (χ1n) is 9.88. The van der Waals surface area contributed by atoms with E-state index < -0.39 is 0 Å². The maximum atomic E-state index is 12.1. The van der Waals surface area contributed by atoms with E-state index in [0.29, 0.717) is 12.4 Å². The molecule has 1 atom stereocenters. The summed E-state index contributed by atoms with van der Waals surface area (Å²) in [4.78, 5) is 23.1. The molecule has 2 aromatic rings. The van der Waals surface area contributed by atoms with E-state index in [9.17, 15) is 4.79 Å². The maximum Gasteiger partial charge on any atom is 0.409 e. The van der Waals surface area contributed by atoms with Crippen LogP contribution in [0, 0.1) is 27.7 Å². The lowest BCUT2D eigenvalue weighted by molar-refractivity contribution is 0.102. The summed E-state index contributed by atoms with van der Waals surface area (Å²) in [5.41, 5.74) is 3.56. The summed E-state index contributed by atoms with van der Waals surface area (Å²) in [5.74, 6) is 2.25. The first-order chi connectivity index (χ1) is 13.4. The summed E-state index contributed by atoms with van der Waals surface area (Å²) in [5, 5.41) is 7.47. The van der Waals surface area contributed by atoms with Crippen molar-refractivity contribution in [3.8, 4) is 11.3 Å². The third kappa shape index (κ3) is 4.10. The largest absolute Gasteiger partial charge is 0.450 e. The lowest BCUT2D eigenvalue weighted by atomic mass is 10.1. The van der Waals surface area contributed by atoms with Crippen molar-refractivity contribution in [2.24, 2.45) is 0 Å². The van der Waals surface area contributed by atoms with Crippen molar-refractivity contribution in [2.75, 3.05) is 25.0 Å². The molecular weight excluding hydrogens is 358 g/mol. The fourth-order valence-corrected chi connectivity index (χ4v) is 3.80. The van der Waals surface area contributed by atoms with Gasteiger partial charge in [-0.2, -0.15) is 0 Å². The molecule has 8 heteroatoms. The third-order valence-corrected chi connectivity index (χ3v) is 5.18. The predicted molar refractivity (Wildman–Crippen MR) is 106 cm³/mol. The van der Waals surface area contributed by atoms with E-state index in [1.807, 2.05) is 39.5 Å². The Balaban J connectivity index is 1.71. The number of nitrogens with one attached hydrogen (secondary N) is 1. The highest BCUT2D eigenvalue weighted by molar-refractivity contribution is 5.71. The van der Waals surface area contributed by atoms with Crippen LogP contribution in [0.1, 0.15) is 49.0 Å². The van der Waals surface area contributed by atoms with E-state index >= 15 is 0 Å². The molecule has 0 radical (unpaired) electrons. The average Bonchev–Trinajstić information content (AvgIpc) is 3.25. The van der Waals surface area contributed by atoms with Crippen LogP contribution in [0.5, 0.6) is 0 Å². The molecule has 0 aliphatic carbocycles. The monoisotopic (exact) mass is 387 g/mol. The molecule has 2 aromatic heterocycles. The number of aryl methyl sites for hydroxylation is 3.